The summed E-state index contributed by atoms with van der Waals surface area (Å²) in [4.78, 5) is 10.9. The van der Waals surface area contributed by atoms with Crippen molar-refractivity contribution in [1.82, 2.24) is 0 Å². The molecule has 12 heavy (non-hydrogen) atoms. The van der Waals surface area contributed by atoms with Gasteiger partial charge in [0, 0.05) is 0 Å². The van der Waals surface area contributed by atoms with Gasteiger partial charge in [-0.15, -0.1) is 0 Å². The van der Waals surface area contributed by atoms with Crippen molar-refractivity contribution in [2.24, 2.45) is 0 Å². The molecule has 0 saturated heterocycles. The summed E-state index contributed by atoms with van der Waals surface area (Å²) in [5, 5.41) is 0. The molecule has 0 aliphatic heterocycles. The molecule has 0 radical (unpaired) electrons. The summed E-state index contributed by atoms with van der Waals surface area (Å²) in [5.41, 5.74) is -1.13. The first-order valence-electron chi connectivity index (χ1n) is 3.91. The number of rotatable bonds is 3. The third kappa shape index (κ3) is 5.24. The van der Waals surface area contributed by atoms with E-state index in [1.54, 1.807) is 6.92 Å². The van der Waals surface area contributed by atoms with E-state index < -0.39 is 17.3 Å². The van der Waals surface area contributed by atoms with Gasteiger partial charge in [-0.05, 0) is 27.2 Å². The minimum absolute atomic E-state index is 0.483. The van der Waals surface area contributed by atoms with Crippen molar-refractivity contribution < 1.29 is 14.3 Å². The summed E-state index contributed by atoms with van der Waals surface area (Å²) < 4.78 is 9.54. The highest BCUT2D eigenvalue weighted by Crippen LogP contribution is 2.15. The van der Waals surface area contributed by atoms with E-state index in [2.05, 4.69) is 4.74 Å². The van der Waals surface area contributed by atoms with Gasteiger partial charge in [-0.25, -0.2) is 4.79 Å². The molecule has 0 aliphatic rings. The minimum Gasteiger partial charge on any atom is -0.428 e. The zero-order valence-electron chi connectivity index (χ0n) is 7.89. The standard InChI is InChI=1S/C8H15ClO3/c1-5-8(3,4)12-7(10)11-6(2)9/h6H,5H2,1-4H3. The van der Waals surface area contributed by atoms with Crippen molar-refractivity contribution in [3.8, 4) is 0 Å². The number of ether oxygens (including phenoxy) is 2. The molecule has 0 heterocycles. The second-order valence-corrected chi connectivity index (χ2v) is 3.74. The minimum atomic E-state index is -0.718. The third-order valence-electron chi connectivity index (χ3n) is 1.47. The molecule has 0 N–H and O–H groups in total. The van der Waals surface area contributed by atoms with Crippen molar-refractivity contribution in [3.05, 3.63) is 0 Å². The van der Waals surface area contributed by atoms with E-state index >= 15 is 0 Å². The number of carbonyl (C=O) groups is 1. The van der Waals surface area contributed by atoms with Crippen LogP contribution in [0.3, 0.4) is 0 Å². The fourth-order valence-electron chi connectivity index (χ4n) is 0.454. The molecule has 1 unspecified atom stereocenters. The third-order valence-corrected chi connectivity index (χ3v) is 1.56. The van der Waals surface area contributed by atoms with Gasteiger partial charge >= 0.3 is 6.16 Å². The monoisotopic (exact) mass is 194 g/mol. The molecule has 0 amide bonds. The van der Waals surface area contributed by atoms with Gasteiger partial charge in [-0.2, -0.15) is 0 Å². The molecule has 1 atom stereocenters. The Balaban J connectivity index is 3.84. The lowest BCUT2D eigenvalue weighted by atomic mass is 10.1. The smallest absolute Gasteiger partial charge is 0.428 e. The van der Waals surface area contributed by atoms with E-state index in [1.807, 2.05) is 20.8 Å². The summed E-state index contributed by atoms with van der Waals surface area (Å²) in [6.07, 6.45) is 0.0167. The summed E-state index contributed by atoms with van der Waals surface area (Å²) in [6, 6.07) is 0. The van der Waals surface area contributed by atoms with Gasteiger partial charge in [0.25, 0.3) is 0 Å². The van der Waals surface area contributed by atoms with Crippen molar-refractivity contribution in [1.29, 1.82) is 0 Å². The normalized spacial score (nSPS) is 13.8. The van der Waals surface area contributed by atoms with Crippen LogP contribution in [0.1, 0.15) is 34.1 Å². The summed E-state index contributed by atoms with van der Waals surface area (Å²) in [5.74, 6) is 0. The van der Waals surface area contributed by atoms with Gasteiger partial charge in [-0.1, -0.05) is 18.5 Å². The first-order valence-corrected chi connectivity index (χ1v) is 4.34. The van der Waals surface area contributed by atoms with Gasteiger partial charge in [0.1, 0.15) is 5.60 Å². The van der Waals surface area contributed by atoms with Crippen LogP contribution in [-0.4, -0.2) is 17.3 Å². The topological polar surface area (TPSA) is 35.5 Å². The lowest BCUT2D eigenvalue weighted by molar-refractivity contribution is -0.0212. The van der Waals surface area contributed by atoms with E-state index in [4.69, 9.17) is 16.3 Å². The molecule has 0 fully saturated rings. The molecule has 0 aromatic rings. The van der Waals surface area contributed by atoms with Crippen LogP contribution in [0.25, 0.3) is 0 Å². The van der Waals surface area contributed by atoms with Crippen LogP contribution in [-0.2, 0) is 9.47 Å². The van der Waals surface area contributed by atoms with Gasteiger partial charge < -0.3 is 9.47 Å². The molecule has 72 valence electrons. The first kappa shape index (κ1) is 11.6. The van der Waals surface area contributed by atoms with Crippen LogP contribution >= 0.6 is 11.6 Å². The highest BCUT2D eigenvalue weighted by molar-refractivity contribution is 6.19. The van der Waals surface area contributed by atoms with E-state index in [0.717, 1.165) is 6.42 Å². The predicted molar refractivity (Wildman–Crippen MR) is 47.3 cm³/mol. The highest BCUT2D eigenvalue weighted by Gasteiger charge is 2.22. The predicted octanol–water partition coefficient (Wildman–Crippen LogP) is 2.91. The first-order chi connectivity index (χ1) is 5.37. The second kappa shape index (κ2) is 4.55. The van der Waals surface area contributed by atoms with Crippen LogP contribution < -0.4 is 0 Å². The molecule has 0 saturated carbocycles. The SMILES string of the molecule is CCC(C)(C)OC(=O)OC(C)Cl. The number of hydrogen-bond acceptors (Lipinski definition) is 3. The lowest BCUT2D eigenvalue weighted by Gasteiger charge is -2.22. The fourth-order valence-corrected chi connectivity index (χ4v) is 0.527. The maximum atomic E-state index is 10.9. The van der Waals surface area contributed by atoms with Crippen LogP contribution in [0, 0.1) is 0 Å². The molecule has 0 rings (SSSR count). The molecule has 3 nitrogen and oxygen atoms in total. The van der Waals surface area contributed by atoms with E-state index in [1.165, 1.54) is 0 Å². The van der Waals surface area contributed by atoms with Gasteiger partial charge in [0.05, 0.1) is 0 Å². The summed E-state index contributed by atoms with van der Waals surface area (Å²) in [6.45, 7) is 7.11. The Bertz CT molecular complexity index is 154. The molecular weight excluding hydrogens is 180 g/mol. The van der Waals surface area contributed by atoms with E-state index in [9.17, 15) is 4.79 Å². The molecular formula is C8H15ClO3. The lowest BCUT2D eigenvalue weighted by Crippen LogP contribution is -2.28. The molecule has 0 aliphatic carbocycles. The van der Waals surface area contributed by atoms with Crippen molar-refractivity contribution >= 4 is 17.8 Å². The average Bonchev–Trinajstić information content (AvgIpc) is 1.84. The summed E-state index contributed by atoms with van der Waals surface area (Å²) >= 11 is 5.42. The number of halogens is 1. The zero-order valence-corrected chi connectivity index (χ0v) is 8.64. The molecule has 4 heteroatoms. The van der Waals surface area contributed by atoms with Crippen LogP contribution in [0.15, 0.2) is 0 Å². The fraction of sp³-hybridized carbons (Fsp3) is 0.875. The van der Waals surface area contributed by atoms with E-state index in [-0.39, 0.29) is 0 Å². The van der Waals surface area contributed by atoms with Crippen molar-refractivity contribution in [3.63, 3.8) is 0 Å². The van der Waals surface area contributed by atoms with Gasteiger partial charge in [0.2, 0.25) is 0 Å². The molecule has 0 aromatic heterocycles. The average molecular weight is 195 g/mol. The maximum Gasteiger partial charge on any atom is 0.510 e. The second-order valence-electron chi connectivity index (χ2n) is 3.13. The van der Waals surface area contributed by atoms with Gasteiger partial charge in [-0.3, -0.25) is 0 Å². The van der Waals surface area contributed by atoms with Gasteiger partial charge in [0.15, 0.2) is 5.56 Å². The largest absolute Gasteiger partial charge is 0.510 e. The Kier molecular flexibility index (Phi) is 4.39. The quantitative estimate of drug-likeness (QED) is 0.512. The van der Waals surface area contributed by atoms with Crippen LogP contribution in [0.5, 0.6) is 0 Å². The highest BCUT2D eigenvalue weighted by atomic mass is 35.5. The maximum absolute atomic E-state index is 10.9. The number of alkyl halides is 1. The zero-order chi connectivity index (χ0) is 9.78. The Morgan fingerprint density at radius 3 is 2.42 bits per heavy atom. The Hall–Kier alpha value is -0.440. The number of hydrogen-bond donors (Lipinski definition) is 0. The van der Waals surface area contributed by atoms with E-state index in [0.29, 0.717) is 0 Å². The Morgan fingerprint density at radius 1 is 1.58 bits per heavy atom. The molecule has 0 spiro atoms. The van der Waals surface area contributed by atoms with Crippen molar-refractivity contribution in [2.45, 2.75) is 45.3 Å². The number of carbonyl (C=O) groups excluding carboxylic acids is 1. The van der Waals surface area contributed by atoms with Crippen LogP contribution in [0.4, 0.5) is 4.79 Å². The summed E-state index contributed by atoms with van der Waals surface area (Å²) in [7, 11) is 0. The van der Waals surface area contributed by atoms with Crippen molar-refractivity contribution in [2.75, 3.05) is 0 Å². The Labute approximate surface area is 78.0 Å². The van der Waals surface area contributed by atoms with Crippen LogP contribution in [0.2, 0.25) is 0 Å². The Morgan fingerprint density at radius 2 is 2.08 bits per heavy atom. The molecule has 0 aromatic carbocycles. The molecule has 0 bridgehead atoms.